The summed E-state index contributed by atoms with van der Waals surface area (Å²) in [5, 5.41) is 5.76. The van der Waals surface area contributed by atoms with E-state index in [-0.39, 0.29) is 17.7 Å². The van der Waals surface area contributed by atoms with E-state index in [1.807, 2.05) is 12.1 Å². The van der Waals surface area contributed by atoms with Crippen LogP contribution in [0.1, 0.15) is 49.7 Å². The first kappa shape index (κ1) is 25.5. The molecule has 2 N–H and O–H groups in total. The number of anilines is 1. The first-order valence-electron chi connectivity index (χ1n) is 12.2. The Labute approximate surface area is 211 Å². The highest BCUT2D eigenvalue weighted by Gasteiger charge is 2.58. The van der Waals surface area contributed by atoms with E-state index in [2.05, 4.69) is 15.6 Å². The first-order valence-corrected chi connectivity index (χ1v) is 12.2. The number of likely N-dealkylation sites (tertiary alicyclic amines) is 1. The fraction of sp³-hybridized carbons (Fsp3) is 0.538. The Morgan fingerprint density at radius 3 is 2.69 bits per heavy atom. The largest absolute Gasteiger partial charge is 0.481 e. The average molecular weight is 498 g/mol. The van der Waals surface area contributed by atoms with Crippen LogP contribution >= 0.6 is 0 Å². The van der Waals surface area contributed by atoms with Gasteiger partial charge in [0.15, 0.2) is 0 Å². The molecule has 2 aliphatic rings. The van der Waals surface area contributed by atoms with Crippen LogP contribution in [0.5, 0.6) is 5.88 Å². The number of methoxy groups -OCH3 is 1. The van der Waals surface area contributed by atoms with Crippen LogP contribution in [0.3, 0.4) is 0 Å². The number of hydrogen-bond acceptors (Lipinski definition) is 6. The number of nitrogens with zero attached hydrogens (tertiary/aromatic N) is 3. The maximum Gasteiger partial charge on any atom is 0.412 e. The van der Waals surface area contributed by atoms with Gasteiger partial charge < -0.3 is 24.3 Å². The van der Waals surface area contributed by atoms with Crippen molar-refractivity contribution in [2.45, 2.75) is 45.6 Å². The third-order valence-corrected chi connectivity index (χ3v) is 6.95. The molecule has 1 aliphatic carbocycles. The topological polar surface area (TPSA) is 115 Å². The van der Waals surface area contributed by atoms with Gasteiger partial charge >= 0.3 is 6.09 Å². The molecule has 0 spiro atoms. The van der Waals surface area contributed by atoms with Gasteiger partial charge in [-0.3, -0.25) is 14.9 Å². The molecular weight excluding hydrogens is 462 g/mol. The lowest BCUT2D eigenvalue weighted by atomic mass is 9.61. The minimum Gasteiger partial charge on any atom is -0.481 e. The summed E-state index contributed by atoms with van der Waals surface area (Å²) < 4.78 is 12.1. The third kappa shape index (κ3) is 5.32. The van der Waals surface area contributed by atoms with Crippen molar-refractivity contribution in [3.8, 4) is 5.88 Å². The van der Waals surface area contributed by atoms with Gasteiger partial charge in [0, 0.05) is 45.1 Å². The van der Waals surface area contributed by atoms with Crippen LogP contribution in [0.2, 0.25) is 0 Å². The quantitative estimate of drug-likeness (QED) is 0.608. The minimum atomic E-state index is -0.619. The fourth-order valence-corrected chi connectivity index (χ4v) is 5.01. The Morgan fingerprint density at radius 2 is 2.03 bits per heavy atom. The summed E-state index contributed by atoms with van der Waals surface area (Å²) in [7, 11) is 3.33. The van der Waals surface area contributed by atoms with Crippen LogP contribution in [-0.4, -0.2) is 64.7 Å². The Kier molecular flexibility index (Phi) is 6.97. The molecule has 10 nitrogen and oxygen atoms in total. The number of amides is 3. The number of carbonyl (C=O) groups excluding carboxylic acids is 3. The van der Waals surface area contributed by atoms with Crippen molar-refractivity contribution in [3.05, 3.63) is 41.9 Å². The summed E-state index contributed by atoms with van der Waals surface area (Å²) in [6.07, 6.45) is 5.16. The van der Waals surface area contributed by atoms with Crippen LogP contribution in [0, 0.1) is 11.3 Å². The number of fused-ring (bicyclic) bond motifs is 1. The average Bonchev–Trinajstić information content (AvgIpc) is 3.28. The predicted molar refractivity (Wildman–Crippen MR) is 134 cm³/mol. The summed E-state index contributed by atoms with van der Waals surface area (Å²) >= 11 is 0. The lowest BCUT2D eigenvalue weighted by molar-refractivity contribution is -0.138. The number of aryl methyl sites for hydroxylation is 1. The minimum absolute atomic E-state index is 0.00855. The Morgan fingerprint density at radius 1 is 1.25 bits per heavy atom. The molecule has 2 atom stereocenters. The number of pyridine rings is 1. The van der Waals surface area contributed by atoms with Gasteiger partial charge in [0.2, 0.25) is 11.8 Å². The van der Waals surface area contributed by atoms with Gasteiger partial charge in [-0.2, -0.15) is 0 Å². The lowest BCUT2D eigenvalue weighted by Gasteiger charge is -2.42. The zero-order chi connectivity index (χ0) is 26.1. The van der Waals surface area contributed by atoms with Crippen LogP contribution < -0.4 is 15.4 Å². The molecule has 194 valence electrons. The van der Waals surface area contributed by atoms with Crippen molar-refractivity contribution in [3.63, 3.8) is 0 Å². The molecule has 2 aromatic rings. The number of rotatable bonds is 7. The Bertz CT molecular complexity index is 1150. The molecule has 3 heterocycles. The van der Waals surface area contributed by atoms with E-state index in [9.17, 15) is 14.4 Å². The highest BCUT2D eigenvalue weighted by atomic mass is 16.6. The monoisotopic (exact) mass is 497 g/mol. The van der Waals surface area contributed by atoms with E-state index < -0.39 is 17.1 Å². The van der Waals surface area contributed by atoms with Gasteiger partial charge in [0.25, 0.3) is 5.91 Å². The van der Waals surface area contributed by atoms with Crippen LogP contribution in [-0.2, 0) is 23.0 Å². The van der Waals surface area contributed by atoms with E-state index in [4.69, 9.17) is 9.47 Å². The second-order valence-electron chi connectivity index (χ2n) is 10.6. The maximum absolute atomic E-state index is 13.4. The highest BCUT2D eigenvalue weighted by Crippen LogP contribution is 2.52. The number of hydrogen-bond donors (Lipinski definition) is 2. The third-order valence-electron chi connectivity index (χ3n) is 6.95. The summed E-state index contributed by atoms with van der Waals surface area (Å²) in [6.45, 7) is 6.81. The first-order chi connectivity index (χ1) is 17.0. The van der Waals surface area contributed by atoms with E-state index >= 15 is 0 Å². The van der Waals surface area contributed by atoms with Gasteiger partial charge in [-0.15, -0.1) is 0 Å². The van der Waals surface area contributed by atoms with Gasteiger partial charge in [0.1, 0.15) is 11.3 Å². The molecule has 1 aliphatic heterocycles. The SMILES string of the molecule is COc1cc(CCNC(=O)C23CCC2CN(C(=O)c2cc(NC(=O)OC(C)(C)C)cn2C)C3)ccn1. The van der Waals surface area contributed by atoms with Crippen molar-refractivity contribution in [1.29, 1.82) is 0 Å². The zero-order valence-corrected chi connectivity index (χ0v) is 21.6. The maximum atomic E-state index is 13.4. The van der Waals surface area contributed by atoms with Crippen LogP contribution in [0.25, 0.3) is 0 Å². The van der Waals surface area contributed by atoms with Crippen molar-refractivity contribution in [1.82, 2.24) is 19.8 Å². The standard InChI is InChI=1S/C26H35N5O5/c1-25(2,3)36-24(34)29-19-13-20(30(4)15-19)22(32)31-14-18-6-9-26(18,16-31)23(33)28-11-8-17-7-10-27-21(12-17)35-5/h7,10,12-13,15,18H,6,8-9,11,14,16H2,1-5H3,(H,28,33)(H,29,34). The molecule has 0 aromatic carbocycles. The summed E-state index contributed by atoms with van der Waals surface area (Å²) in [6, 6.07) is 5.40. The van der Waals surface area contributed by atoms with Gasteiger partial charge in [-0.25, -0.2) is 9.78 Å². The second-order valence-corrected chi connectivity index (χ2v) is 10.6. The lowest BCUT2D eigenvalue weighted by Crippen LogP contribution is -2.52. The predicted octanol–water partition coefficient (Wildman–Crippen LogP) is 2.99. The summed E-state index contributed by atoms with van der Waals surface area (Å²) in [5.41, 5.74) is 0.815. The van der Waals surface area contributed by atoms with Crippen LogP contribution in [0.15, 0.2) is 30.6 Å². The van der Waals surface area contributed by atoms with Crippen molar-refractivity contribution >= 4 is 23.6 Å². The molecule has 4 rings (SSSR count). The van der Waals surface area contributed by atoms with Gasteiger partial charge in [0.05, 0.1) is 18.2 Å². The van der Waals surface area contributed by atoms with Crippen LogP contribution in [0.4, 0.5) is 10.5 Å². The number of ether oxygens (including phenoxy) is 2. The molecule has 0 radical (unpaired) electrons. The normalized spacial score (nSPS) is 20.8. The molecule has 2 unspecified atom stereocenters. The molecule has 1 saturated carbocycles. The van der Waals surface area contributed by atoms with Gasteiger partial charge in [-0.1, -0.05) is 0 Å². The molecule has 36 heavy (non-hydrogen) atoms. The molecule has 1 saturated heterocycles. The Balaban J connectivity index is 1.35. The zero-order valence-electron chi connectivity index (χ0n) is 21.6. The Hall–Kier alpha value is -3.56. The van der Waals surface area contributed by atoms with Crippen molar-refractivity contribution in [2.75, 3.05) is 32.1 Å². The number of nitrogens with one attached hydrogen (secondary N) is 2. The molecule has 2 aromatic heterocycles. The molecule has 3 amide bonds. The highest BCUT2D eigenvalue weighted by molar-refractivity contribution is 5.96. The van der Waals surface area contributed by atoms with Crippen molar-refractivity contribution < 1.29 is 23.9 Å². The van der Waals surface area contributed by atoms with E-state index in [1.165, 1.54) is 0 Å². The number of aromatic nitrogens is 2. The smallest absolute Gasteiger partial charge is 0.412 e. The molecule has 2 fully saturated rings. The molecule has 10 heteroatoms. The van der Waals surface area contributed by atoms with Gasteiger partial charge in [-0.05, 0) is 63.6 Å². The summed E-state index contributed by atoms with van der Waals surface area (Å²) in [5.74, 6) is 0.558. The second kappa shape index (κ2) is 9.83. The fourth-order valence-electron chi connectivity index (χ4n) is 5.01. The molecule has 0 bridgehead atoms. The van der Waals surface area contributed by atoms with E-state index in [1.54, 1.807) is 62.9 Å². The van der Waals surface area contributed by atoms with E-state index in [0.29, 0.717) is 43.3 Å². The van der Waals surface area contributed by atoms with E-state index in [0.717, 1.165) is 18.4 Å². The summed E-state index contributed by atoms with van der Waals surface area (Å²) in [4.78, 5) is 44.5. The van der Waals surface area contributed by atoms with Crippen molar-refractivity contribution in [2.24, 2.45) is 18.4 Å². The molecular formula is C26H35N5O5. The number of carbonyl (C=O) groups is 3.